The molecule has 1 saturated carbocycles. The number of nitrogens with zero attached hydrogens (tertiary/aromatic N) is 4. The summed E-state index contributed by atoms with van der Waals surface area (Å²) in [6.45, 7) is 7.91. The number of rotatable bonds is 3. The summed E-state index contributed by atoms with van der Waals surface area (Å²) in [5.41, 5.74) is 1.50. The van der Waals surface area contributed by atoms with Gasteiger partial charge in [-0.3, -0.25) is 4.68 Å². The molecule has 2 fully saturated rings. The Hall–Kier alpha value is -2.77. The van der Waals surface area contributed by atoms with Gasteiger partial charge < -0.3 is 19.6 Å². The van der Waals surface area contributed by atoms with Crippen molar-refractivity contribution in [2.45, 2.75) is 58.1 Å². The Morgan fingerprint density at radius 3 is 2.37 bits per heavy atom. The zero-order chi connectivity index (χ0) is 21.5. The topological polar surface area (TPSA) is 87.9 Å². The molecule has 4 rings (SSSR count). The molecular weight excluding hydrogens is 384 g/mol. The minimum atomic E-state index is -0.944. The number of anilines is 1. The van der Waals surface area contributed by atoms with Gasteiger partial charge in [0, 0.05) is 37.3 Å². The summed E-state index contributed by atoms with van der Waals surface area (Å²) in [7, 11) is 0. The number of aromatic nitrogens is 2. The van der Waals surface area contributed by atoms with E-state index >= 15 is 0 Å². The van der Waals surface area contributed by atoms with Crippen molar-refractivity contribution in [3.05, 3.63) is 23.9 Å². The van der Waals surface area contributed by atoms with Gasteiger partial charge in [-0.15, -0.1) is 0 Å². The van der Waals surface area contributed by atoms with Crippen molar-refractivity contribution >= 4 is 28.7 Å². The van der Waals surface area contributed by atoms with Crippen LogP contribution in [0.3, 0.4) is 0 Å². The number of amides is 1. The van der Waals surface area contributed by atoms with E-state index in [1.807, 2.05) is 25.5 Å². The Morgan fingerprint density at radius 2 is 1.77 bits per heavy atom. The van der Waals surface area contributed by atoms with Crippen molar-refractivity contribution < 1.29 is 19.4 Å². The van der Waals surface area contributed by atoms with Crippen LogP contribution in [0, 0.1) is 0 Å². The molecule has 1 aromatic carbocycles. The quantitative estimate of drug-likeness (QED) is 0.819. The fourth-order valence-electron chi connectivity index (χ4n) is 4.40. The largest absolute Gasteiger partial charge is 0.478 e. The number of piperazine rings is 1. The van der Waals surface area contributed by atoms with Crippen LogP contribution in [0.4, 0.5) is 10.5 Å². The average molecular weight is 415 g/mol. The van der Waals surface area contributed by atoms with Crippen LogP contribution in [0.2, 0.25) is 0 Å². The lowest BCUT2D eigenvalue weighted by molar-refractivity contribution is 0.0240. The van der Waals surface area contributed by atoms with Crippen LogP contribution in [0.25, 0.3) is 10.9 Å². The van der Waals surface area contributed by atoms with Gasteiger partial charge in [-0.1, -0.05) is 12.8 Å². The van der Waals surface area contributed by atoms with Crippen LogP contribution >= 0.6 is 0 Å². The van der Waals surface area contributed by atoms with Crippen LogP contribution in [0.5, 0.6) is 0 Å². The number of fused-ring (bicyclic) bond motifs is 1. The van der Waals surface area contributed by atoms with Gasteiger partial charge >= 0.3 is 12.1 Å². The van der Waals surface area contributed by atoms with Gasteiger partial charge in [-0.25, -0.2) is 9.59 Å². The third kappa shape index (κ3) is 4.08. The third-order valence-electron chi connectivity index (χ3n) is 5.90. The first kappa shape index (κ1) is 20.5. The molecule has 2 aliphatic rings. The van der Waals surface area contributed by atoms with Crippen LogP contribution in [-0.2, 0) is 4.74 Å². The lowest BCUT2D eigenvalue weighted by Gasteiger charge is -2.37. The van der Waals surface area contributed by atoms with Crippen LogP contribution in [-0.4, -0.2) is 63.6 Å². The molecule has 1 aliphatic carbocycles. The van der Waals surface area contributed by atoms with E-state index in [2.05, 4.69) is 16.1 Å². The molecule has 0 unspecified atom stereocenters. The monoisotopic (exact) mass is 414 g/mol. The summed E-state index contributed by atoms with van der Waals surface area (Å²) in [4.78, 5) is 28.1. The van der Waals surface area contributed by atoms with Gasteiger partial charge in [-0.2, -0.15) is 5.10 Å². The van der Waals surface area contributed by atoms with Crippen molar-refractivity contribution in [3.8, 4) is 0 Å². The van der Waals surface area contributed by atoms with Gasteiger partial charge in [0.05, 0.1) is 23.3 Å². The summed E-state index contributed by atoms with van der Waals surface area (Å²) in [6, 6.07) is 4.12. The Kier molecular flexibility index (Phi) is 5.34. The number of aromatic carboxylic acids is 1. The molecule has 0 bridgehead atoms. The zero-order valence-corrected chi connectivity index (χ0v) is 17.9. The van der Waals surface area contributed by atoms with E-state index in [9.17, 15) is 14.7 Å². The molecule has 8 heteroatoms. The molecule has 0 spiro atoms. The summed E-state index contributed by atoms with van der Waals surface area (Å²) >= 11 is 0. The van der Waals surface area contributed by atoms with Crippen molar-refractivity contribution in [3.63, 3.8) is 0 Å². The number of carboxylic acid groups (broad SMARTS) is 1. The predicted molar refractivity (Wildman–Crippen MR) is 114 cm³/mol. The first-order valence-electron chi connectivity index (χ1n) is 10.7. The first-order valence-corrected chi connectivity index (χ1v) is 10.7. The van der Waals surface area contributed by atoms with Crippen LogP contribution < -0.4 is 4.90 Å². The summed E-state index contributed by atoms with van der Waals surface area (Å²) in [5.74, 6) is -0.944. The highest BCUT2D eigenvalue weighted by atomic mass is 16.6. The molecule has 1 saturated heterocycles. The normalized spacial score (nSPS) is 18.2. The maximum atomic E-state index is 12.3. The first-order chi connectivity index (χ1) is 14.2. The second kappa shape index (κ2) is 7.81. The fraction of sp³-hybridized carbons (Fsp3) is 0.591. The van der Waals surface area contributed by atoms with Gasteiger partial charge in [0.1, 0.15) is 5.60 Å². The molecule has 1 amide bonds. The van der Waals surface area contributed by atoms with Crippen molar-refractivity contribution in [2.75, 3.05) is 31.1 Å². The maximum Gasteiger partial charge on any atom is 0.410 e. The minimum Gasteiger partial charge on any atom is -0.478 e. The Labute approximate surface area is 176 Å². The smallest absolute Gasteiger partial charge is 0.410 e. The van der Waals surface area contributed by atoms with E-state index in [0.717, 1.165) is 24.0 Å². The Bertz CT molecular complexity index is 948. The fourth-order valence-corrected chi connectivity index (χ4v) is 4.40. The third-order valence-corrected chi connectivity index (χ3v) is 5.90. The molecule has 2 heterocycles. The molecule has 1 N–H and O–H groups in total. The van der Waals surface area contributed by atoms with Crippen LogP contribution in [0.1, 0.15) is 62.9 Å². The minimum absolute atomic E-state index is 0.279. The van der Waals surface area contributed by atoms with Gasteiger partial charge in [0.15, 0.2) is 0 Å². The Balaban J connectivity index is 1.58. The van der Waals surface area contributed by atoms with Crippen LogP contribution in [0.15, 0.2) is 18.3 Å². The SMILES string of the molecule is CC(C)(C)OC(=O)N1CCN(c2cc(C(=O)O)c3cnn(C4CCCC4)c3c2)CC1. The molecule has 1 aliphatic heterocycles. The number of ether oxygens (including phenoxy) is 1. The lowest BCUT2D eigenvalue weighted by Crippen LogP contribution is -2.50. The number of hydrogen-bond acceptors (Lipinski definition) is 5. The summed E-state index contributed by atoms with van der Waals surface area (Å²) in [5, 5.41) is 15.0. The molecule has 30 heavy (non-hydrogen) atoms. The van der Waals surface area contributed by atoms with Crippen molar-refractivity contribution in [2.24, 2.45) is 0 Å². The van der Waals surface area contributed by atoms with Crippen molar-refractivity contribution in [1.82, 2.24) is 14.7 Å². The molecule has 162 valence electrons. The molecule has 2 aromatic rings. The second-order valence-corrected chi connectivity index (χ2v) is 9.21. The van der Waals surface area contributed by atoms with E-state index < -0.39 is 11.6 Å². The Morgan fingerprint density at radius 1 is 1.10 bits per heavy atom. The summed E-state index contributed by atoms with van der Waals surface area (Å²) < 4.78 is 7.48. The van der Waals surface area contributed by atoms with E-state index in [0.29, 0.717) is 37.6 Å². The predicted octanol–water partition coefficient (Wildman–Crippen LogP) is 3.91. The molecule has 0 atom stereocenters. The van der Waals surface area contributed by atoms with E-state index in [-0.39, 0.29) is 11.7 Å². The zero-order valence-electron chi connectivity index (χ0n) is 17.9. The highest BCUT2D eigenvalue weighted by Gasteiger charge is 2.28. The number of carbonyl (C=O) groups excluding carboxylic acids is 1. The van der Waals surface area contributed by atoms with Gasteiger partial charge in [0.25, 0.3) is 0 Å². The van der Waals surface area contributed by atoms with E-state index in [1.54, 1.807) is 17.2 Å². The molecule has 1 aromatic heterocycles. The highest BCUT2D eigenvalue weighted by molar-refractivity contribution is 6.04. The maximum absolute atomic E-state index is 12.3. The number of carboxylic acids is 1. The van der Waals surface area contributed by atoms with Crippen molar-refractivity contribution in [1.29, 1.82) is 0 Å². The average Bonchev–Trinajstić information content (AvgIpc) is 3.35. The summed E-state index contributed by atoms with van der Waals surface area (Å²) in [6.07, 6.45) is 5.91. The second-order valence-electron chi connectivity index (χ2n) is 9.21. The lowest BCUT2D eigenvalue weighted by atomic mass is 10.1. The van der Waals surface area contributed by atoms with E-state index in [1.165, 1.54) is 12.8 Å². The number of carbonyl (C=O) groups is 2. The van der Waals surface area contributed by atoms with Gasteiger partial charge in [-0.05, 0) is 45.7 Å². The van der Waals surface area contributed by atoms with E-state index in [4.69, 9.17) is 4.74 Å². The standard InChI is InChI=1S/C22H30N4O4/c1-22(2,3)30-21(29)25-10-8-24(9-11-25)16-12-17(20(27)28)18-14-23-26(19(18)13-16)15-6-4-5-7-15/h12-15H,4-11H2,1-3H3,(H,27,28). The highest BCUT2D eigenvalue weighted by Crippen LogP contribution is 2.34. The van der Waals surface area contributed by atoms with Gasteiger partial charge in [0.2, 0.25) is 0 Å². The number of benzene rings is 1. The number of hydrogen-bond donors (Lipinski definition) is 1. The molecule has 8 nitrogen and oxygen atoms in total. The molecular formula is C22H30N4O4. The molecule has 0 radical (unpaired) electrons.